The Kier molecular flexibility index (Phi) is 6.16. The fourth-order valence-corrected chi connectivity index (χ4v) is 3.79. The molecular weight excluding hydrogens is 316 g/mol. The summed E-state index contributed by atoms with van der Waals surface area (Å²) in [5.74, 6) is 0.560. The van der Waals surface area contributed by atoms with Crippen LogP contribution in [0.15, 0.2) is 42.5 Å². The van der Waals surface area contributed by atoms with Crippen molar-refractivity contribution in [3.05, 3.63) is 59.2 Å². The molecule has 26 heavy (non-hydrogen) atoms. The molecule has 3 rings (SSSR count). The molecule has 0 radical (unpaired) electrons. The second-order valence-corrected chi connectivity index (χ2v) is 7.35. The minimum absolute atomic E-state index is 0.560. The van der Waals surface area contributed by atoms with Crippen LogP contribution in [0.25, 0.3) is 22.2 Å². The summed E-state index contributed by atoms with van der Waals surface area (Å²) in [4.78, 5) is 3.80. The number of aromatic nitrogens is 1. The molecule has 0 fully saturated rings. The van der Waals surface area contributed by atoms with Crippen LogP contribution in [0.4, 0.5) is 0 Å². The van der Waals surface area contributed by atoms with Gasteiger partial charge in [0, 0.05) is 16.6 Å². The lowest BCUT2D eigenvalue weighted by Gasteiger charge is -2.10. The van der Waals surface area contributed by atoms with Gasteiger partial charge in [-0.25, -0.2) is 0 Å². The zero-order chi connectivity index (χ0) is 18.5. The summed E-state index contributed by atoms with van der Waals surface area (Å²) < 4.78 is 0. The number of nitrogens with two attached hydrogens (primary N) is 1. The summed E-state index contributed by atoms with van der Waals surface area (Å²) in [7, 11) is 0. The Labute approximate surface area is 157 Å². The molecule has 0 saturated carbocycles. The van der Waals surface area contributed by atoms with Crippen LogP contribution in [-0.4, -0.2) is 11.5 Å². The average molecular weight is 349 g/mol. The highest BCUT2D eigenvalue weighted by Gasteiger charge is 2.17. The Hall–Kier alpha value is -2.06. The van der Waals surface area contributed by atoms with Gasteiger partial charge in [0.2, 0.25) is 0 Å². The molecule has 2 nitrogen and oxygen atoms in total. The normalized spacial score (nSPS) is 12.6. The van der Waals surface area contributed by atoms with Gasteiger partial charge in [-0.1, -0.05) is 63.2 Å². The topological polar surface area (TPSA) is 41.8 Å². The number of H-pyrrole nitrogens is 1. The minimum Gasteiger partial charge on any atom is -0.354 e. The molecule has 0 amide bonds. The maximum Gasteiger partial charge on any atom is 0.0497 e. The summed E-state index contributed by atoms with van der Waals surface area (Å²) in [6.45, 7) is 7.55. The van der Waals surface area contributed by atoms with E-state index in [1.165, 1.54) is 38.9 Å². The van der Waals surface area contributed by atoms with Crippen molar-refractivity contribution in [1.82, 2.24) is 4.98 Å². The van der Waals surface area contributed by atoms with Gasteiger partial charge in [-0.05, 0) is 66.8 Å². The Bertz CT molecular complexity index is 843. The first-order chi connectivity index (χ1) is 12.7. The van der Waals surface area contributed by atoms with Crippen LogP contribution in [0.3, 0.4) is 0 Å². The van der Waals surface area contributed by atoms with Crippen LogP contribution in [0.1, 0.15) is 62.6 Å². The van der Waals surface area contributed by atoms with Crippen molar-refractivity contribution in [2.45, 2.75) is 58.8 Å². The lowest BCUT2D eigenvalue weighted by atomic mass is 9.94. The SMILES string of the molecule is CCc1ccc(-c2[nH]c3c(C(C)CC)cccc3c2CCCCN)cc1. The van der Waals surface area contributed by atoms with Gasteiger partial charge in [-0.2, -0.15) is 0 Å². The van der Waals surface area contributed by atoms with Gasteiger partial charge in [0.1, 0.15) is 0 Å². The first-order valence-corrected chi connectivity index (χ1v) is 10.1. The molecule has 1 unspecified atom stereocenters. The van der Waals surface area contributed by atoms with Gasteiger partial charge >= 0.3 is 0 Å². The van der Waals surface area contributed by atoms with Gasteiger partial charge in [-0.3, -0.25) is 0 Å². The van der Waals surface area contributed by atoms with E-state index in [1.807, 2.05) is 0 Å². The smallest absolute Gasteiger partial charge is 0.0497 e. The van der Waals surface area contributed by atoms with E-state index in [4.69, 9.17) is 5.73 Å². The molecule has 0 aliphatic carbocycles. The quantitative estimate of drug-likeness (QED) is 0.468. The highest BCUT2D eigenvalue weighted by Crippen LogP contribution is 2.36. The average Bonchev–Trinajstić information content (AvgIpc) is 3.06. The van der Waals surface area contributed by atoms with Gasteiger partial charge in [0.15, 0.2) is 0 Å². The predicted molar refractivity (Wildman–Crippen MR) is 114 cm³/mol. The number of aromatic amines is 1. The molecule has 1 heterocycles. The van der Waals surface area contributed by atoms with Crippen molar-refractivity contribution >= 4 is 10.9 Å². The van der Waals surface area contributed by atoms with Crippen LogP contribution < -0.4 is 5.73 Å². The Morgan fingerprint density at radius 2 is 1.77 bits per heavy atom. The van der Waals surface area contributed by atoms with Crippen LogP contribution >= 0.6 is 0 Å². The number of fused-ring (bicyclic) bond motifs is 1. The maximum absolute atomic E-state index is 5.74. The van der Waals surface area contributed by atoms with Crippen LogP contribution in [0.2, 0.25) is 0 Å². The molecule has 0 bridgehead atoms. The van der Waals surface area contributed by atoms with Gasteiger partial charge < -0.3 is 10.7 Å². The summed E-state index contributed by atoms with van der Waals surface area (Å²) >= 11 is 0. The number of para-hydroxylation sites is 1. The van der Waals surface area contributed by atoms with Crippen molar-refractivity contribution in [2.24, 2.45) is 5.73 Å². The number of hydrogen-bond acceptors (Lipinski definition) is 1. The van der Waals surface area contributed by atoms with Crippen LogP contribution in [-0.2, 0) is 12.8 Å². The monoisotopic (exact) mass is 348 g/mol. The van der Waals surface area contributed by atoms with E-state index in [0.717, 1.165) is 38.6 Å². The molecule has 0 saturated heterocycles. The maximum atomic E-state index is 5.74. The van der Waals surface area contributed by atoms with E-state index in [9.17, 15) is 0 Å². The standard InChI is InChI=1S/C24H32N2/c1-4-17(3)20-10-8-11-22-21(9-6-7-16-25)23(26-24(20)22)19-14-12-18(5-2)13-15-19/h8,10-15,17,26H,4-7,9,16,25H2,1-3H3. The summed E-state index contributed by atoms with van der Waals surface area (Å²) in [5.41, 5.74) is 13.9. The van der Waals surface area contributed by atoms with E-state index in [2.05, 4.69) is 68.2 Å². The highest BCUT2D eigenvalue weighted by atomic mass is 14.7. The van der Waals surface area contributed by atoms with E-state index in [1.54, 1.807) is 0 Å². The number of nitrogens with one attached hydrogen (secondary N) is 1. The van der Waals surface area contributed by atoms with E-state index < -0.39 is 0 Å². The van der Waals surface area contributed by atoms with Gasteiger partial charge in [0.05, 0.1) is 0 Å². The zero-order valence-electron chi connectivity index (χ0n) is 16.4. The van der Waals surface area contributed by atoms with Crippen molar-refractivity contribution in [2.75, 3.05) is 6.54 Å². The molecule has 1 aromatic heterocycles. The molecule has 0 aliphatic heterocycles. The number of rotatable bonds is 8. The van der Waals surface area contributed by atoms with Crippen LogP contribution in [0.5, 0.6) is 0 Å². The molecular formula is C24H32N2. The zero-order valence-corrected chi connectivity index (χ0v) is 16.4. The summed E-state index contributed by atoms with van der Waals surface area (Å²) in [5, 5.41) is 1.38. The van der Waals surface area contributed by atoms with Gasteiger partial charge in [-0.15, -0.1) is 0 Å². The fraction of sp³-hybridized carbons (Fsp3) is 0.417. The largest absolute Gasteiger partial charge is 0.354 e. The Morgan fingerprint density at radius 3 is 2.42 bits per heavy atom. The molecule has 2 aromatic carbocycles. The van der Waals surface area contributed by atoms with Crippen molar-refractivity contribution in [3.8, 4) is 11.3 Å². The van der Waals surface area contributed by atoms with Crippen molar-refractivity contribution < 1.29 is 0 Å². The molecule has 2 heteroatoms. The molecule has 138 valence electrons. The van der Waals surface area contributed by atoms with E-state index in [0.29, 0.717) is 5.92 Å². The molecule has 0 spiro atoms. The predicted octanol–water partition coefficient (Wildman–Crippen LogP) is 6.19. The number of benzene rings is 2. The third-order valence-electron chi connectivity index (χ3n) is 5.65. The van der Waals surface area contributed by atoms with Crippen molar-refractivity contribution in [1.29, 1.82) is 0 Å². The highest BCUT2D eigenvalue weighted by molar-refractivity contribution is 5.93. The van der Waals surface area contributed by atoms with E-state index >= 15 is 0 Å². The third kappa shape index (κ3) is 3.71. The molecule has 1 atom stereocenters. The van der Waals surface area contributed by atoms with Gasteiger partial charge in [0.25, 0.3) is 0 Å². The second-order valence-electron chi connectivity index (χ2n) is 7.35. The Morgan fingerprint density at radius 1 is 1.00 bits per heavy atom. The summed E-state index contributed by atoms with van der Waals surface area (Å²) in [6.07, 6.45) is 5.52. The second kappa shape index (κ2) is 8.55. The number of aryl methyl sites for hydroxylation is 2. The Balaban J connectivity index is 2.13. The lowest BCUT2D eigenvalue weighted by molar-refractivity contribution is 0.738. The first-order valence-electron chi connectivity index (χ1n) is 10.1. The third-order valence-corrected chi connectivity index (χ3v) is 5.65. The number of hydrogen-bond donors (Lipinski definition) is 2. The lowest BCUT2D eigenvalue weighted by Crippen LogP contribution is -1.99. The van der Waals surface area contributed by atoms with Crippen molar-refractivity contribution in [3.63, 3.8) is 0 Å². The molecule has 3 aromatic rings. The molecule has 0 aliphatic rings. The van der Waals surface area contributed by atoms with E-state index in [-0.39, 0.29) is 0 Å². The summed E-state index contributed by atoms with van der Waals surface area (Å²) in [6, 6.07) is 15.8. The fourth-order valence-electron chi connectivity index (χ4n) is 3.79. The first kappa shape index (κ1) is 18.7. The minimum atomic E-state index is 0.560. The van der Waals surface area contributed by atoms with Crippen LogP contribution in [0, 0.1) is 0 Å². The molecule has 3 N–H and O–H groups in total. The number of unbranched alkanes of at least 4 members (excludes halogenated alkanes) is 1.